The zero-order valence-electron chi connectivity index (χ0n) is 10.3. The smallest absolute Gasteiger partial charge is 0.146 e. The van der Waals surface area contributed by atoms with Gasteiger partial charge < -0.3 is 4.90 Å². The molecule has 18 heavy (non-hydrogen) atoms. The van der Waals surface area contributed by atoms with Crippen molar-refractivity contribution in [3.8, 4) is 6.07 Å². The molecular formula is C13H13N5. The van der Waals surface area contributed by atoms with E-state index in [9.17, 15) is 0 Å². The highest BCUT2D eigenvalue weighted by atomic mass is 15.2. The standard InChI is InChI=1S/C13H13N5/c1-10-16-12(8-14)7-13(17-10)18(2)9-11-5-3-4-6-15-11/h3-7H,9H2,1-2H3. The van der Waals surface area contributed by atoms with Gasteiger partial charge in [-0.1, -0.05) is 6.07 Å². The van der Waals surface area contributed by atoms with E-state index in [2.05, 4.69) is 15.0 Å². The van der Waals surface area contributed by atoms with Gasteiger partial charge >= 0.3 is 0 Å². The lowest BCUT2D eigenvalue weighted by Gasteiger charge is -2.17. The van der Waals surface area contributed by atoms with Crippen molar-refractivity contribution in [2.24, 2.45) is 0 Å². The fourth-order valence-electron chi connectivity index (χ4n) is 1.62. The van der Waals surface area contributed by atoms with Crippen LogP contribution < -0.4 is 4.90 Å². The fraction of sp³-hybridized carbons (Fsp3) is 0.231. The van der Waals surface area contributed by atoms with Crippen LogP contribution in [0.1, 0.15) is 17.2 Å². The molecule has 2 heterocycles. The van der Waals surface area contributed by atoms with Crippen molar-refractivity contribution in [2.75, 3.05) is 11.9 Å². The summed E-state index contributed by atoms with van der Waals surface area (Å²) < 4.78 is 0. The van der Waals surface area contributed by atoms with Crippen molar-refractivity contribution in [3.63, 3.8) is 0 Å². The molecule has 90 valence electrons. The Morgan fingerprint density at radius 1 is 1.33 bits per heavy atom. The Kier molecular flexibility index (Phi) is 3.49. The summed E-state index contributed by atoms with van der Waals surface area (Å²) in [5.41, 5.74) is 1.33. The largest absolute Gasteiger partial charge is 0.354 e. The average molecular weight is 239 g/mol. The second-order valence-corrected chi connectivity index (χ2v) is 3.95. The second-order valence-electron chi connectivity index (χ2n) is 3.95. The minimum atomic E-state index is 0.380. The number of hydrogen-bond acceptors (Lipinski definition) is 5. The van der Waals surface area contributed by atoms with Crippen molar-refractivity contribution < 1.29 is 0 Å². The molecule has 0 aromatic carbocycles. The van der Waals surface area contributed by atoms with E-state index in [1.165, 1.54) is 0 Å². The first-order valence-corrected chi connectivity index (χ1v) is 5.56. The van der Waals surface area contributed by atoms with Crippen molar-refractivity contribution in [3.05, 3.63) is 47.7 Å². The molecule has 0 bridgehead atoms. The van der Waals surface area contributed by atoms with E-state index >= 15 is 0 Å². The second kappa shape index (κ2) is 5.23. The maximum atomic E-state index is 8.89. The Bertz CT molecular complexity index is 574. The molecule has 0 N–H and O–H groups in total. The third-order valence-corrected chi connectivity index (χ3v) is 2.46. The summed E-state index contributed by atoms with van der Waals surface area (Å²) in [5.74, 6) is 1.32. The van der Waals surface area contributed by atoms with Gasteiger partial charge in [-0.05, 0) is 19.1 Å². The number of nitrogens with zero attached hydrogens (tertiary/aromatic N) is 5. The van der Waals surface area contributed by atoms with E-state index < -0.39 is 0 Å². The Hall–Kier alpha value is -2.48. The number of pyridine rings is 1. The molecule has 0 aliphatic carbocycles. The van der Waals surface area contributed by atoms with Crippen molar-refractivity contribution in [1.29, 1.82) is 5.26 Å². The summed E-state index contributed by atoms with van der Waals surface area (Å²) >= 11 is 0. The first kappa shape index (κ1) is 12.0. The number of nitriles is 1. The van der Waals surface area contributed by atoms with Gasteiger partial charge in [0, 0.05) is 19.3 Å². The first-order valence-electron chi connectivity index (χ1n) is 5.56. The predicted octanol–water partition coefficient (Wildman–Crippen LogP) is 1.69. The van der Waals surface area contributed by atoms with Gasteiger partial charge in [-0.3, -0.25) is 4.98 Å². The molecule has 2 aromatic heterocycles. The molecule has 2 aromatic rings. The maximum absolute atomic E-state index is 8.89. The van der Waals surface area contributed by atoms with E-state index in [4.69, 9.17) is 5.26 Å². The highest BCUT2D eigenvalue weighted by molar-refractivity contribution is 5.42. The van der Waals surface area contributed by atoms with Crippen molar-refractivity contribution in [2.45, 2.75) is 13.5 Å². The third kappa shape index (κ3) is 2.80. The molecule has 2 rings (SSSR count). The van der Waals surface area contributed by atoms with Crippen LogP contribution in [0.15, 0.2) is 30.5 Å². The molecule has 0 saturated carbocycles. The quantitative estimate of drug-likeness (QED) is 0.815. The normalized spacial score (nSPS) is 9.83. The molecule has 0 unspecified atom stereocenters. The van der Waals surface area contributed by atoms with E-state index in [0.717, 1.165) is 11.5 Å². The molecular weight excluding hydrogens is 226 g/mol. The van der Waals surface area contributed by atoms with Gasteiger partial charge in [0.2, 0.25) is 0 Å². The highest BCUT2D eigenvalue weighted by Crippen LogP contribution is 2.13. The minimum Gasteiger partial charge on any atom is -0.354 e. The molecule has 0 aliphatic heterocycles. The molecule has 0 saturated heterocycles. The summed E-state index contributed by atoms with van der Waals surface area (Å²) in [4.78, 5) is 14.5. The average Bonchev–Trinajstić information content (AvgIpc) is 2.39. The molecule has 5 heteroatoms. The van der Waals surface area contributed by atoms with Crippen LogP contribution in [0.5, 0.6) is 0 Å². The lowest BCUT2D eigenvalue weighted by molar-refractivity contribution is 0.851. The zero-order valence-corrected chi connectivity index (χ0v) is 10.3. The Morgan fingerprint density at radius 3 is 2.83 bits per heavy atom. The summed E-state index contributed by atoms with van der Waals surface area (Å²) in [7, 11) is 1.91. The SMILES string of the molecule is Cc1nc(C#N)cc(N(C)Cc2ccccn2)n1. The molecule has 0 aliphatic rings. The topological polar surface area (TPSA) is 65.7 Å². The molecule has 0 fully saturated rings. The minimum absolute atomic E-state index is 0.380. The van der Waals surface area contributed by atoms with Gasteiger partial charge in [0.15, 0.2) is 0 Å². The van der Waals surface area contributed by atoms with Crippen LogP contribution in [0, 0.1) is 18.3 Å². The summed E-state index contributed by atoms with van der Waals surface area (Å²) in [6, 6.07) is 9.49. The van der Waals surface area contributed by atoms with Crippen LogP contribution >= 0.6 is 0 Å². The van der Waals surface area contributed by atoms with Gasteiger partial charge in [0.1, 0.15) is 23.4 Å². The summed E-state index contributed by atoms with van der Waals surface area (Å²) in [6.45, 7) is 2.42. The van der Waals surface area contributed by atoms with Crippen LogP contribution in [0.4, 0.5) is 5.82 Å². The number of rotatable bonds is 3. The zero-order chi connectivity index (χ0) is 13.0. The van der Waals surface area contributed by atoms with E-state index in [0.29, 0.717) is 18.1 Å². The van der Waals surface area contributed by atoms with Gasteiger partial charge in [-0.2, -0.15) is 5.26 Å². The van der Waals surface area contributed by atoms with Gasteiger partial charge in [-0.15, -0.1) is 0 Å². The van der Waals surface area contributed by atoms with E-state index in [1.54, 1.807) is 19.2 Å². The lowest BCUT2D eigenvalue weighted by Crippen LogP contribution is -2.19. The maximum Gasteiger partial charge on any atom is 0.146 e. The monoisotopic (exact) mass is 239 g/mol. The number of anilines is 1. The van der Waals surface area contributed by atoms with Crippen LogP contribution in [-0.4, -0.2) is 22.0 Å². The number of aromatic nitrogens is 3. The third-order valence-electron chi connectivity index (χ3n) is 2.46. The lowest BCUT2D eigenvalue weighted by atomic mass is 10.3. The van der Waals surface area contributed by atoms with Crippen LogP contribution in [0.3, 0.4) is 0 Å². The van der Waals surface area contributed by atoms with Crippen LogP contribution in [0.2, 0.25) is 0 Å². The van der Waals surface area contributed by atoms with E-state index in [-0.39, 0.29) is 0 Å². The van der Waals surface area contributed by atoms with E-state index in [1.807, 2.05) is 36.2 Å². The van der Waals surface area contributed by atoms with Crippen LogP contribution in [0.25, 0.3) is 0 Å². The molecule has 0 atom stereocenters. The predicted molar refractivity (Wildman–Crippen MR) is 67.8 cm³/mol. The molecule has 5 nitrogen and oxygen atoms in total. The van der Waals surface area contributed by atoms with Gasteiger partial charge in [0.25, 0.3) is 0 Å². The summed E-state index contributed by atoms with van der Waals surface area (Å²) in [6.07, 6.45) is 1.76. The Labute approximate surface area is 106 Å². The number of hydrogen-bond donors (Lipinski definition) is 0. The molecule has 0 amide bonds. The van der Waals surface area contributed by atoms with Crippen LogP contribution in [-0.2, 0) is 6.54 Å². The van der Waals surface area contributed by atoms with Crippen molar-refractivity contribution in [1.82, 2.24) is 15.0 Å². The molecule has 0 spiro atoms. The first-order chi connectivity index (χ1) is 8.69. The number of aryl methyl sites for hydroxylation is 1. The van der Waals surface area contributed by atoms with Gasteiger partial charge in [0.05, 0.1) is 12.2 Å². The highest BCUT2D eigenvalue weighted by Gasteiger charge is 2.07. The Balaban J connectivity index is 2.21. The summed E-state index contributed by atoms with van der Waals surface area (Å²) in [5, 5.41) is 8.89. The molecule has 0 radical (unpaired) electrons. The van der Waals surface area contributed by atoms with Gasteiger partial charge in [-0.25, -0.2) is 9.97 Å². The Morgan fingerprint density at radius 2 is 2.17 bits per heavy atom. The van der Waals surface area contributed by atoms with Crippen molar-refractivity contribution >= 4 is 5.82 Å². The fourth-order valence-corrected chi connectivity index (χ4v) is 1.62.